The van der Waals surface area contributed by atoms with E-state index in [1.807, 2.05) is 0 Å². The van der Waals surface area contributed by atoms with Crippen molar-refractivity contribution in [2.75, 3.05) is 0 Å². The Morgan fingerprint density at radius 1 is 0.629 bits per heavy atom. The zero-order valence-electron chi connectivity index (χ0n) is 21.1. The highest BCUT2D eigenvalue weighted by atomic mass is 15.0. The first kappa shape index (κ1) is 20.8. The van der Waals surface area contributed by atoms with E-state index in [0.29, 0.717) is 0 Å². The quantitative estimate of drug-likeness (QED) is 0.269. The van der Waals surface area contributed by atoms with E-state index < -0.39 is 0 Å². The average Bonchev–Trinajstić information content (AvgIpc) is 3.36. The van der Waals surface area contributed by atoms with Crippen LogP contribution in [0.1, 0.15) is 57.2 Å². The zero-order chi connectivity index (χ0) is 23.9. The number of para-hydroxylation sites is 1. The molecule has 1 aliphatic rings. The maximum atomic E-state index is 3.80. The Bertz CT molecular complexity index is 1760. The summed E-state index contributed by atoms with van der Waals surface area (Å²) in [7, 11) is 0. The average molecular weight is 457 g/mol. The molecule has 0 aliphatic heterocycles. The molecule has 0 atom stereocenters. The van der Waals surface area contributed by atoms with Crippen LogP contribution in [0.15, 0.2) is 78.9 Å². The second-order valence-corrected chi connectivity index (χ2v) is 11.8. The molecule has 0 fully saturated rings. The van der Waals surface area contributed by atoms with Gasteiger partial charge in [-0.1, -0.05) is 76.2 Å². The van der Waals surface area contributed by atoms with Crippen molar-refractivity contribution in [2.24, 2.45) is 0 Å². The van der Waals surface area contributed by atoms with Gasteiger partial charge in [0.15, 0.2) is 0 Å². The number of fused-ring (bicyclic) bond motifs is 7. The Morgan fingerprint density at radius 2 is 1.26 bits per heavy atom. The number of nitrogens with zero attached hydrogens (tertiary/aromatic N) is 1. The molecule has 2 aromatic heterocycles. The van der Waals surface area contributed by atoms with Crippen molar-refractivity contribution < 1.29 is 0 Å². The van der Waals surface area contributed by atoms with Crippen LogP contribution >= 0.6 is 0 Å². The standard InChI is InChI=1S/C33H32N2/c1-32(2)14-15-33(3,4)27-19-29-23(16-26(27)32)24-18-31-25(17-28(24)34-29)22-12-8-9-13-30(22)35(31)20-21-10-6-5-7-11-21/h5-13,16-19,34H,14-15,20H2,1-4H3. The predicted molar refractivity (Wildman–Crippen MR) is 150 cm³/mol. The number of H-pyrrole nitrogens is 1. The summed E-state index contributed by atoms with van der Waals surface area (Å²) in [5.74, 6) is 0. The Morgan fingerprint density at radius 3 is 2.03 bits per heavy atom. The maximum absolute atomic E-state index is 3.80. The molecule has 0 bridgehead atoms. The minimum absolute atomic E-state index is 0.203. The molecule has 2 heterocycles. The molecule has 1 aliphatic carbocycles. The van der Waals surface area contributed by atoms with Gasteiger partial charge in [0, 0.05) is 44.6 Å². The topological polar surface area (TPSA) is 20.7 Å². The van der Waals surface area contributed by atoms with Gasteiger partial charge in [0.05, 0.1) is 5.52 Å². The minimum atomic E-state index is 0.203. The van der Waals surface area contributed by atoms with Crippen molar-refractivity contribution in [1.29, 1.82) is 0 Å². The summed E-state index contributed by atoms with van der Waals surface area (Å²) in [6.07, 6.45) is 2.47. The fourth-order valence-corrected chi connectivity index (χ4v) is 6.44. The summed E-state index contributed by atoms with van der Waals surface area (Å²) in [5, 5.41) is 5.32. The second-order valence-electron chi connectivity index (χ2n) is 11.8. The SMILES string of the molecule is CC1(C)CCC(C)(C)c2cc3c(cc21)[nH]c1cc2c4ccccc4n(Cc4ccccc4)c2cc13. The predicted octanol–water partition coefficient (Wildman–Crippen LogP) is 8.83. The third-order valence-corrected chi connectivity index (χ3v) is 8.65. The minimum Gasteiger partial charge on any atom is -0.354 e. The number of aromatic amines is 1. The number of aromatic nitrogens is 2. The lowest BCUT2D eigenvalue weighted by Crippen LogP contribution is -2.33. The normalized spacial score (nSPS) is 16.9. The van der Waals surface area contributed by atoms with Gasteiger partial charge >= 0.3 is 0 Å². The van der Waals surface area contributed by atoms with Crippen LogP contribution < -0.4 is 0 Å². The summed E-state index contributed by atoms with van der Waals surface area (Å²) < 4.78 is 2.49. The molecule has 0 amide bonds. The Labute approximate surface area is 206 Å². The molecule has 4 aromatic carbocycles. The molecule has 0 unspecified atom stereocenters. The number of hydrogen-bond acceptors (Lipinski definition) is 0. The van der Waals surface area contributed by atoms with Gasteiger partial charge in [-0.05, 0) is 70.7 Å². The number of rotatable bonds is 2. The molecule has 174 valence electrons. The van der Waals surface area contributed by atoms with E-state index in [1.54, 1.807) is 0 Å². The largest absolute Gasteiger partial charge is 0.354 e. The van der Waals surface area contributed by atoms with Crippen LogP contribution in [0.4, 0.5) is 0 Å². The van der Waals surface area contributed by atoms with Gasteiger partial charge in [-0.2, -0.15) is 0 Å². The summed E-state index contributed by atoms with van der Waals surface area (Å²) in [4.78, 5) is 3.80. The molecule has 35 heavy (non-hydrogen) atoms. The number of benzene rings is 4. The molecule has 0 saturated carbocycles. The molecular weight excluding hydrogens is 424 g/mol. The summed E-state index contributed by atoms with van der Waals surface area (Å²) in [5.41, 5.74) is 9.86. The highest BCUT2D eigenvalue weighted by molar-refractivity contribution is 6.17. The fraction of sp³-hybridized carbons (Fsp3) is 0.273. The molecule has 7 rings (SSSR count). The van der Waals surface area contributed by atoms with E-state index in [1.165, 1.54) is 73.1 Å². The van der Waals surface area contributed by atoms with Crippen LogP contribution in [0.3, 0.4) is 0 Å². The Kier molecular flexibility index (Phi) is 4.17. The lowest BCUT2D eigenvalue weighted by molar-refractivity contribution is 0.332. The van der Waals surface area contributed by atoms with Gasteiger partial charge in [0.2, 0.25) is 0 Å². The molecule has 1 N–H and O–H groups in total. The van der Waals surface area contributed by atoms with Crippen LogP contribution in [0.2, 0.25) is 0 Å². The van der Waals surface area contributed by atoms with E-state index in [9.17, 15) is 0 Å². The molecular formula is C33H32N2. The fourth-order valence-electron chi connectivity index (χ4n) is 6.44. The Balaban J connectivity index is 1.54. The Hall–Kier alpha value is -3.52. The lowest BCUT2D eigenvalue weighted by atomic mass is 9.63. The van der Waals surface area contributed by atoms with E-state index in [0.717, 1.165) is 6.54 Å². The molecule has 2 nitrogen and oxygen atoms in total. The van der Waals surface area contributed by atoms with Crippen LogP contribution in [-0.4, -0.2) is 9.55 Å². The van der Waals surface area contributed by atoms with Crippen molar-refractivity contribution in [3.8, 4) is 0 Å². The number of hydrogen-bond donors (Lipinski definition) is 1. The highest BCUT2D eigenvalue weighted by Crippen LogP contribution is 2.48. The summed E-state index contributed by atoms with van der Waals surface area (Å²) >= 11 is 0. The third-order valence-electron chi connectivity index (χ3n) is 8.65. The van der Waals surface area contributed by atoms with Gasteiger partial charge in [-0.3, -0.25) is 0 Å². The van der Waals surface area contributed by atoms with Gasteiger partial charge < -0.3 is 9.55 Å². The van der Waals surface area contributed by atoms with Gasteiger partial charge in [-0.15, -0.1) is 0 Å². The van der Waals surface area contributed by atoms with Crippen molar-refractivity contribution in [3.63, 3.8) is 0 Å². The first-order valence-electron chi connectivity index (χ1n) is 12.9. The second kappa shape index (κ2) is 7.01. The van der Waals surface area contributed by atoms with Crippen molar-refractivity contribution in [2.45, 2.75) is 57.9 Å². The third kappa shape index (κ3) is 3.02. The van der Waals surface area contributed by atoms with Crippen LogP contribution in [0.5, 0.6) is 0 Å². The highest BCUT2D eigenvalue weighted by Gasteiger charge is 2.37. The van der Waals surface area contributed by atoms with E-state index in [-0.39, 0.29) is 10.8 Å². The molecule has 2 heteroatoms. The smallest absolute Gasteiger partial charge is 0.0502 e. The van der Waals surface area contributed by atoms with E-state index >= 15 is 0 Å². The first-order valence-corrected chi connectivity index (χ1v) is 12.9. The lowest BCUT2D eigenvalue weighted by Gasteiger charge is -2.41. The van der Waals surface area contributed by atoms with Crippen LogP contribution in [0, 0.1) is 0 Å². The van der Waals surface area contributed by atoms with Gasteiger partial charge in [0.25, 0.3) is 0 Å². The number of nitrogens with one attached hydrogen (secondary N) is 1. The van der Waals surface area contributed by atoms with E-state index in [4.69, 9.17) is 0 Å². The van der Waals surface area contributed by atoms with E-state index in [2.05, 4.69) is 116 Å². The van der Waals surface area contributed by atoms with Crippen molar-refractivity contribution >= 4 is 43.6 Å². The van der Waals surface area contributed by atoms with Crippen LogP contribution in [0.25, 0.3) is 43.6 Å². The maximum Gasteiger partial charge on any atom is 0.0502 e. The first-order chi connectivity index (χ1) is 16.8. The van der Waals surface area contributed by atoms with Crippen LogP contribution in [-0.2, 0) is 17.4 Å². The van der Waals surface area contributed by atoms with Crippen molar-refractivity contribution in [3.05, 3.63) is 95.6 Å². The summed E-state index contributed by atoms with van der Waals surface area (Å²) in [6, 6.07) is 29.4. The van der Waals surface area contributed by atoms with Gasteiger partial charge in [0.1, 0.15) is 0 Å². The molecule has 6 aromatic rings. The molecule has 0 spiro atoms. The summed E-state index contributed by atoms with van der Waals surface area (Å²) in [6.45, 7) is 10.5. The molecule has 0 radical (unpaired) electrons. The monoisotopic (exact) mass is 456 g/mol. The molecule has 0 saturated heterocycles. The van der Waals surface area contributed by atoms with Crippen molar-refractivity contribution in [1.82, 2.24) is 9.55 Å². The van der Waals surface area contributed by atoms with Gasteiger partial charge in [-0.25, -0.2) is 0 Å². The zero-order valence-corrected chi connectivity index (χ0v) is 21.1.